The van der Waals surface area contributed by atoms with Crippen LogP contribution in [-0.4, -0.2) is 19.1 Å². The van der Waals surface area contributed by atoms with E-state index in [1.54, 1.807) is 14.0 Å². The molecule has 0 radical (unpaired) electrons. The molecule has 3 heteroatoms. The Morgan fingerprint density at radius 1 is 1.40 bits per heavy atom. The van der Waals surface area contributed by atoms with Gasteiger partial charge in [0, 0.05) is 7.05 Å². The minimum absolute atomic E-state index is 0.115. The van der Waals surface area contributed by atoms with E-state index in [0.29, 0.717) is 0 Å². The molecule has 3 nitrogen and oxygen atoms in total. The first-order chi connectivity index (χ1) is 7.06. The van der Waals surface area contributed by atoms with Gasteiger partial charge in [-0.2, -0.15) is 0 Å². The lowest BCUT2D eigenvalue weighted by molar-refractivity contribution is -0.126. The normalized spacial score (nSPS) is 12.0. The summed E-state index contributed by atoms with van der Waals surface area (Å²) in [6.07, 6.45) is -0.463. The van der Waals surface area contributed by atoms with Crippen molar-refractivity contribution in [2.24, 2.45) is 0 Å². The summed E-state index contributed by atoms with van der Waals surface area (Å²) in [5, 5.41) is 2.56. The van der Waals surface area contributed by atoms with Gasteiger partial charge in [-0.15, -0.1) is 0 Å². The van der Waals surface area contributed by atoms with Crippen LogP contribution in [0.25, 0.3) is 0 Å². The van der Waals surface area contributed by atoms with Crippen LogP contribution in [0.5, 0.6) is 5.75 Å². The van der Waals surface area contributed by atoms with Crippen LogP contribution in [0.2, 0.25) is 0 Å². The fourth-order valence-corrected chi connectivity index (χ4v) is 1.30. The summed E-state index contributed by atoms with van der Waals surface area (Å²) in [6.45, 7) is 5.74. The zero-order valence-electron chi connectivity index (χ0n) is 9.63. The smallest absolute Gasteiger partial charge is 0.260 e. The van der Waals surface area contributed by atoms with Gasteiger partial charge in [0.25, 0.3) is 5.91 Å². The average Bonchev–Trinajstić information content (AvgIpc) is 2.23. The molecular weight excluding hydrogens is 190 g/mol. The fourth-order valence-electron chi connectivity index (χ4n) is 1.30. The van der Waals surface area contributed by atoms with Gasteiger partial charge in [-0.1, -0.05) is 12.1 Å². The Hall–Kier alpha value is -1.51. The zero-order chi connectivity index (χ0) is 11.4. The van der Waals surface area contributed by atoms with Crippen molar-refractivity contribution in [1.29, 1.82) is 0 Å². The molecule has 0 aliphatic rings. The number of nitrogens with one attached hydrogen (secondary N) is 1. The summed E-state index contributed by atoms with van der Waals surface area (Å²) >= 11 is 0. The van der Waals surface area contributed by atoms with Gasteiger partial charge in [-0.3, -0.25) is 4.79 Å². The van der Waals surface area contributed by atoms with E-state index in [9.17, 15) is 4.79 Å². The molecule has 0 saturated carbocycles. The maximum atomic E-state index is 11.3. The van der Waals surface area contributed by atoms with Crippen LogP contribution in [0.15, 0.2) is 18.2 Å². The summed E-state index contributed by atoms with van der Waals surface area (Å²) < 4.78 is 5.57. The Balaban J connectivity index is 2.81. The first kappa shape index (κ1) is 11.6. The van der Waals surface area contributed by atoms with Crippen LogP contribution in [-0.2, 0) is 4.79 Å². The van der Waals surface area contributed by atoms with Crippen LogP contribution >= 0.6 is 0 Å². The maximum absolute atomic E-state index is 11.3. The molecule has 0 spiro atoms. The highest BCUT2D eigenvalue weighted by Gasteiger charge is 2.13. The van der Waals surface area contributed by atoms with Gasteiger partial charge in [-0.05, 0) is 38.0 Å². The number of aryl methyl sites for hydroxylation is 1. The van der Waals surface area contributed by atoms with Gasteiger partial charge in [-0.25, -0.2) is 0 Å². The number of hydrogen-bond acceptors (Lipinski definition) is 2. The van der Waals surface area contributed by atoms with Gasteiger partial charge in [0.1, 0.15) is 5.75 Å². The predicted molar refractivity (Wildman–Crippen MR) is 60.1 cm³/mol. The van der Waals surface area contributed by atoms with Gasteiger partial charge in [0.2, 0.25) is 0 Å². The number of rotatable bonds is 3. The second-order valence-corrected chi connectivity index (χ2v) is 3.57. The van der Waals surface area contributed by atoms with E-state index in [4.69, 9.17) is 4.74 Å². The minimum atomic E-state index is -0.463. The SMILES string of the molecule is CNC(=O)[C@H](C)Oc1cccc(C)c1C. The van der Waals surface area contributed by atoms with Crippen LogP contribution < -0.4 is 10.1 Å². The topological polar surface area (TPSA) is 38.3 Å². The molecule has 82 valence electrons. The van der Waals surface area contributed by atoms with E-state index in [0.717, 1.165) is 16.9 Å². The van der Waals surface area contributed by atoms with Crippen molar-refractivity contribution >= 4 is 5.91 Å². The fraction of sp³-hybridized carbons (Fsp3) is 0.417. The first-order valence-corrected chi connectivity index (χ1v) is 5.00. The van der Waals surface area contributed by atoms with Crippen molar-refractivity contribution in [3.63, 3.8) is 0 Å². The molecule has 15 heavy (non-hydrogen) atoms. The number of carbonyl (C=O) groups is 1. The Morgan fingerprint density at radius 2 is 2.07 bits per heavy atom. The Morgan fingerprint density at radius 3 is 2.67 bits per heavy atom. The molecule has 0 fully saturated rings. The summed E-state index contributed by atoms with van der Waals surface area (Å²) in [7, 11) is 1.60. The lowest BCUT2D eigenvalue weighted by Crippen LogP contribution is -2.33. The highest BCUT2D eigenvalue weighted by molar-refractivity contribution is 5.80. The minimum Gasteiger partial charge on any atom is -0.481 e. The molecule has 0 saturated heterocycles. The highest BCUT2D eigenvalue weighted by Crippen LogP contribution is 2.21. The van der Waals surface area contributed by atoms with E-state index in [1.807, 2.05) is 32.0 Å². The van der Waals surface area contributed by atoms with Crippen molar-refractivity contribution in [1.82, 2.24) is 5.32 Å². The molecule has 1 amide bonds. The lowest BCUT2D eigenvalue weighted by atomic mass is 10.1. The number of amides is 1. The van der Waals surface area contributed by atoms with Gasteiger partial charge in [0.05, 0.1) is 0 Å². The summed E-state index contributed by atoms with van der Waals surface area (Å²) in [6, 6.07) is 5.82. The molecule has 0 aliphatic heterocycles. The molecule has 0 heterocycles. The van der Waals surface area contributed by atoms with E-state index in [-0.39, 0.29) is 5.91 Å². The zero-order valence-corrected chi connectivity index (χ0v) is 9.63. The number of ether oxygens (including phenoxy) is 1. The molecular formula is C12H17NO2. The second kappa shape index (κ2) is 4.82. The van der Waals surface area contributed by atoms with Gasteiger partial charge < -0.3 is 10.1 Å². The highest BCUT2D eigenvalue weighted by atomic mass is 16.5. The Kier molecular flexibility index (Phi) is 3.72. The molecule has 1 atom stereocenters. The van der Waals surface area contributed by atoms with E-state index in [2.05, 4.69) is 5.32 Å². The molecule has 1 N–H and O–H groups in total. The standard InChI is InChI=1S/C12H17NO2/c1-8-6-5-7-11(9(8)2)15-10(3)12(14)13-4/h5-7,10H,1-4H3,(H,13,14)/t10-/m0/s1. The van der Waals surface area contributed by atoms with Crippen LogP contribution in [0.1, 0.15) is 18.1 Å². The Bertz CT molecular complexity index is 361. The summed E-state index contributed by atoms with van der Waals surface area (Å²) in [5.74, 6) is 0.655. The van der Waals surface area contributed by atoms with Crippen LogP contribution in [0.3, 0.4) is 0 Å². The number of likely N-dealkylation sites (N-methyl/N-ethyl adjacent to an activating group) is 1. The predicted octanol–water partition coefficient (Wildman–Crippen LogP) is 1.82. The molecule has 0 unspecified atom stereocenters. The Labute approximate surface area is 90.4 Å². The molecule has 1 aromatic rings. The van der Waals surface area contributed by atoms with Crippen molar-refractivity contribution < 1.29 is 9.53 Å². The van der Waals surface area contributed by atoms with Gasteiger partial charge in [0.15, 0.2) is 6.10 Å². The summed E-state index contributed by atoms with van der Waals surface area (Å²) in [5.41, 5.74) is 2.24. The van der Waals surface area contributed by atoms with Gasteiger partial charge >= 0.3 is 0 Å². The molecule has 1 aromatic carbocycles. The van der Waals surface area contributed by atoms with E-state index in [1.165, 1.54) is 0 Å². The second-order valence-electron chi connectivity index (χ2n) is 3.57. The lowest BCUT2D eigenvalue weighted by Gasteiger charge is -2.15. The summed E-state index contributed by atoms with van der Waals surface area (Å²) in [4.78, 5) is 11.3. The maximum Gasteiger partial charge on any atom is 0.260 e. The van der Waals surface area contributed by atoms with Crippen molar-refractivity contribution in [2.45, 2.75) is 26.9 Å². The third-order valence-corrected chi connectivity index (χ3v) is 2.47. The molecule has 0 bridgehead atoms. The largest absolute Gasteiger partial charge is 0.481 e. The number of carbonyl (C=O) groups excluding carboxylic acids is 1. The monoisotopic (exact) mass is 207 g/mol. The number of hydrogen-bond donors (Lipinski definition) is 1. The average molecular weight is 207 g/mol. The number of benzene rings is 1. The van der Waals surface area contributed by atoms with Crippen LogP contribution in [0, 0.1) is 13.8 Å². The van der Waals surface area contributed by atoms with E-state index >= 15 is 0 Å². The van der Waals surface area contributed by atoms with Crippen molar-refractivity contribution in [3.8, 4) is 5.75 Å². The van der Waals surface area contributed by atoms with Crippen LogP contribution in [0.4, 0.5) is 0 Å². The molecule has 0 aliphatic carbocycles. The van der Waals surface area contributed by atoms with Crippen molar-refractivity contribution in [2.75, 3.05) is 7.05 Å². The molecule has 1 rings (SSSR count). The van der Waals surface area contributed by atoms with Crippen molar-refractivity contribution in [3.05, 3.63) is 29.3 Å². The third kappa shape index (κ3) is 2.72. The quantitative estimate of drug-likeness (QED) is 0.821. The third-order valence-electron chi connectivity index (χ3n) is 2.47. The molecule has 0 aromatic heterocycles. The first-order valence-electron chi connectivity index (χ1n) is 5.00. The van der Waals surface area contributed by atoms with E-state index < -0.39 is 6.10 Å².